The number of hydrogen-bond donors (Lipinski definition) is 2. The first-order chi connectivity index (χ1) is 8.54. The van der Waals surface area contributed by atoms with Gasteiger partial charge in [-0.25, -0.2) is 9.97 Å². The Morgan fingerprint density at radius 1 is 1.44 bits per heavy atom. The highest BCUT2D eigenvalue weighted by molar-refractivity contribution is 5.92. The molecule has 1 rings (SSSR count). The van der Waals surface area contributed by atoms with E-state index in [0.717, 1.165) is 18.9 Å². The van der Waals surface area contributed by atoms with Crippen LogP contribution in [0.4, 0.5) is 5.82 Å². The normalized spacial score (nSPS) is 10.7. The topological polar surface area (TPSA) is 88.1 Å². The number of methoxy groups -OCH3 is 1. The molecule has 0 radical (unpaired) electrons. The Bertz CT molecular complexity index is 377. The first-order valence-electron chi connectivity index (χ1n) is 5.95. The van der Waals surface area contributed by atoms with E-state index in [2.05, 4.69) is 28.7 Å². The summed E-state index contributed by atoms with van der Waals surface area (Å²) in [7, 11) is 1.68. The molecule has 0 saturated heterocycles. The molecule has 0 saturated carbocycles. The minimum Gasteiger partial charge on any atom is -0.383 e. The standard InChI is InChI=1S/C12H21N5O/c1-9(2)8-17(4-5-18-3)11-7-15-10(6-16-11)12(13)14/h6-7,9H,4-5,8H2,1-3H3,(H3,13,14). The molecule has 0 atom stereocenters. The number of nitrogens with one attached hydrogen (secondary N) is 1. The average molecular weight is 251 g/mol. The van der Waals surface area contributed by atoms with Crippen LogP contribution < -0.4 is 10.6 Å². The second kappa shape index (κ2) is 6.90. The molecule has 6 nitrogen and oxygen atoms in total. The van der Waals surface area contributed by atoms with E-state index in [1.54, 1.807) is 13.3 Å². The van der Waals surface area contributed by atoms with Crippen LogP contribution in [0.15, 0.2) is 12.4 Å². The van der Waals surface area contributed by atoms with Gasteiger partial charge >= 0.3 is 0 Å². The minimum atomic E-state index is -0.0682. The Kier molecular flexibility index (Phi) is 5.51. The molecule has 0 aliphatic carbocycles. The van der Waals surface area contributed by atoms with E-state index in [1.807, 2.05) is 0 Å². The van der Waals surface area contributed by atoms with Gasteiger partial charge in [0.25, 0.3) is 0 Å². The molecule has 1 heterocycles. The van der Waals surface area contributed by atoms with Crippen molar-refractivity contribution < 1.29 is 4.74 Å². The highest BCUT2D eigenvalue weighted by atomic mass is 16.5. The second-order valence-electron chi connectivity index (χ2n) is 4.51. The van der Waals surface area contributed by atoms with Crippen molar-refractivity contribution in [2.45, 2.75) is 13.8 Å². The number of aromatic nitrogens is 2. The van der Waals surface area contributed by atoms with E-state index < -0.39 is 0 Å². The fourth-order valence-corrected chi connectivity index (χ4v) is 1.57. The Balaban J connectivity index is 2.80. The lowest BCUT2D eigenvalue weighted by atomic mass is 10.2. The first-order valence-corrected chi connectivity index (χ1v) is 5.95. The molecule has 1 aromatic rings. The van der Waals surface area contributed by atoms with Crippen LogP contribution in [0, 0.1) is 11.3 Å². The van der Waals surface area contributed by atoms with Gasteiger partial charge < -0.3 is 15.4 Å². The largest absolute Gasteiger partial charge is 0.383 e. The summed E-state index contributed by atoms with van der Waals surface area (Å²) in [6.07, 6.45) is 3.17. The minimum absolute atomic E-state index is 0.0682. The third-order valence-corrected chi connectivity index (χ3v) is 2.39. The number of nitrogen functional groups attached to an aromatic ring is 1. The predicted octanol–water partition coefficient (Wildman–Crippen LogP) is 0.869. The fraction of sp³-hybridized carbons (Fsp3) is 0.583. The molecule has 0 bridgehead atoms. The van der Waals surface area contributed by atoms with Crippen molar-refractivity contribution in [2.75, 3.05) is 31.7 Å². The van der Waals surface area contributed by atoms with Gasteiger partial charge in [-0.1, -0.05) is 13.8 Å². The summed E-state index contributed by atoms with van der Waals surface area (Å²) in [5.74, 6) is 1.24. The summed E-state index contributed by atoms with van der Waals surface area (Å²) in [6, 6.07) is 0. The quantitative estimate of drug-likeness (QED) is 0.554. The maximum atomic E-state index is 7.28. The zero-order chi connectivity index (χ0) is 13.5. The highest BCUT2D eigenvalue weighted by Gasteiger charge is 2.10. The summed E-state index contributed by atoms with van der Waals surface area (Å²) in [6.45, 7) is 6.59. The van der Waals surface area contributed by atoms with Gasteiger partial charge in [-0.2, -0.15) is 0 Å². The van der Waals surface area contributed by atoms with Crippen molar-refractivity contribution in [3.8, 4) is 0 Å². The average Bonchev–Trinajstić information content (AvgIpc) is 2.34. The molecule has 0 unspecified atom stereocenters. The summed E-state index contributed by atoms with van der Waals surface area (Å²) in [5.41, 5.74) is 5.75. The van der Waals surface area contributed by atoms with Crippen LogP contribution in [0.3, 0.4) is 0 Å². The van der Waals surface area contributed by atoms with Crippen LogP contribution in [0.5, 0.6) is 0 Å². The number of anilines is 1. The molecule has 0 spiro atoms. The van der Waals surface area contributed by atoms with Crippen LogP contribution in [0.1, 0.15) is 19.5 Å². The number of hydrogen-bond acceptors (Lipinski definition) is 5. The second-order valence-corrected chi connectivity index (χ2v) is 4.51. The van der Waals surface area contributed by atoms with E-state index >= 15 is 0 Å². The molecule has 100 valence electrons. The molecule has 0 aliphatic heterocycles. The van der Waals surface area contributed by atoms with Crippen molar-refractivity contribution in [1.29, 1.82) is 5.41 Å². The highest BCUT2D eigenvalue weighted by Crippen LogP contribution is 2.11. The Morgan fingerprint density at radius 3 is 2.61 bits per heavy atom. The predicted molar refractivity (Wildman–Crippen MR) is 72.0 cm³/mol. The van der Waals surface area contributed by atoms with Crippen molar-refractivity contribution >= 4 is 11.7 Å². The monoisotopic (exact) mass is 251 g/mol. The maximum Gasteiger partial charge on any atom is 0.147 e. The molecular weight excluding hydrogens is 230 g/mol. The van der Waals surface area contributed by atoms with E-state index in [-0.39, 0.29) is 5.84 Å². The summed E-state index contributed by atoms with van der Waals surface area (Å²) < 4.78 is 5.09. The lowest BCUT2D eigenvalue weighted by Gasteiger charge is -2.25. The van der Waals surface area contributed by atoms with E-state index in [0.29, 0.717) is 18.2 Å². The summed E-state index contributed by atoms with van der Waals surface area (Å²) in [5, 5.41) is 7.28. The van der Waals surface area contributed by atoms with E-state index in [1.165, 1.54) is 6.20 Å². The summed E-state index contributed by atoms with van der Waals surface area (Å²) in [4.78, 5) is 10.5. The molecule has 6 heteroatoms. The lowest BCUT2D eigenvalue weighted by Crippen LogP contribution is -2.32. The number of nitrogens with zero attached hydrogens (tertiary/aromatic N) is 3. The zero-order valence-electron chi connectivity index (χ0n) is 11.2. The van der Waals surface area contributed by atoms with Gasteiger partial charge in [0.2, 0.25) is 0 Å². The number of ether oxygens (including phenoxy) is 1. The van der Waals surface area contributed by atoms with Gasteiger partial charge in [0.1, 0.15) is 17.3 Å². The maximum absolute atomic E-state index is 7.28. The number of nitrogens with two attached hydrogens (primary N) is 1. The molecule has 18 heavy (non-hydrogen) atoms. The number of amidine groups is 1. The Morgan fingerprint density at radius 2 is 2.17 bits per heavy atom. The molecule has 0 aliphatic rings. The molecular formula is C12H21N5O. The van der Waals surface area contributed by atoms with Crippen LogP contribution >= 0.6 is 0 Å². The van der Waals surface area contributed by atoms with Gasteiger partial charge in [0, 0.05) is 20.2 Å². The van der Waals surface area contributed by atoms with Gasteiger partial charge in [0.15, 0.2) is 0 Å². The molecule has 1 aromatic heterocycles. The van der Waals surface area contributed by atoms with E-state index in [4.69, 9.17) is 15.9 Å². The summed E-state index contributed by atoms with van der Waals surface area (Å²) >= 11 is 0. The molecule has 3 N–H and O–H groups in total. The molecule has 0 fully saturated rings. The third kappa shape index (κ3) is 4.29. The molecule has 0 aromatic carbocycles. The van der Waals surface area contributed by atoms with Crippen molar-refractivity contribution in [2.24, 2.45) is 11.7 Å². The van der Waals surface area contributed by atoms with Gasteiger partial charge in [-0.15, -0.1) is 0 Å². The van der Waals surface area contributed by atoms with Crippen LogP contribution in [0.2, 0.25) is 0 Å². The lowest BCUT2D eigenvalue weighted by molar-refractivity contribution is 0.204. The van der Waals surface area contributed by atoms with Crippen LogP contribution in [0.25, 0.3) is 0 Å². The number of rotatable bonds is 7. The molecule has 0 amide bonds. The van der Waals surface area contributed by atoms with Gasteiger partial charge in [0.05, 0.1) is 19.0 Å². The Hall–Kier alpha value is -1.69. The Labute approximate surface area is 108 Å². The van der Waals surface area contributed by atoms with Gasteiger partial charge in [-0.05, 0) is 5.92 Å². The van der Waals surface area contributed by atoms with Crippen molar-refractivity contribution in [1.82, 2.24) is 9.97 Å². The van der Waals surface area contributed by atoms with E-state index in [9.17, 15) is 0 Å². The van der Waals surface area contributed by atoms with Crippen LogP contribution in [-0.2, 0) is 4.74 Å². The van der Waals surface area contributed by atoms with Crippen molar-refractivity contribution in [3.63, 3.8) is 0 Å². The first kappa shape index (κ1) is 14.4. The van der Waals surface area contributed by atoms with Crippen molar-refractivity contribution in [3.05, 3.63) is 18.1 Å². The third-order valence-electron chi connectivity index (χ3n) is 2.39. The SMILES string of the molecule is COCCN(CC(C)C)c1cnc(C(=N)N)cn1. The smallest absolute Gasteiger partial charge is 0.147 e. The van der Waals surface area contributed by atoms with Crippen LogP contribution in [-0.4, -0.2) is 42.6 Å². The van der Waals surface area contributed by atoms with Gasteiger partial charge in [-0.3, -0.25) is 5.41 Å². The zero-order valence-corrected chi connectivity index (χ0v) is 11.2. The fourth-order valence-electron chi connectivity index (χ4n) is 1.57.